The normalized spacial score (nSPS) is 22.3. The maximum Gasteiger partial charge on any atom is 0.437 e. The summed E-state index contributed by atoms with van der Waals surface area (Å²) < 4.78 is 69.7. The van der Waals surface area contributed by atoms with Gasteiger partial charge in [0.1, 0.15) is 17.0 Å². The molecule has 0 spiro atoms. The van der Waals surface area contributed by atoms with E-state index in [9.17, 15) is 27.9 Å². The third-order valence-corrected chi connectivity index (χ3v) is 5.70. The van der Waals surface area contributed by atoms with Crippen molar-refractivity contribution in [2.75, 3.05) is 26.4 Å². The van der Waals surface area contributed by atoms with Gasteiger partial charge in [0.05, 0.1) is 24.5 Å². The van der Waals surface area contributed by atoms with Crippen LogP contribution in [-0.4, -0.2) is 72.0 Å². The molecule has 0 aliphatic carbocycles. The average molecular weight is 531 g/mol. The lowest BCUT2D eigenvalue weighted by Crippen LogP contribution is -2.68. The van der Waals surface area contributed by atoms with Crippen molar-refractivity contribution < 1.29 is 51.4 Å². The first-order valence-electron chi connectivity index (χ1n) is 11.6. The molecule has 2 aromatic rings. The highest BCUT2D eigenvalue weighted by Crippen LogP contribution is 2.51. The average Bonchev–Trinajstić information content (AvgIpc) is 3.32. The smallest absolute Gasteiger partial charge is 0.437 e. The van der Waals surface area contributed by atoms with Gasteiger partial charge < -0.3 is 29.4 Å². The van der Waals surface area contributed by atoms with Crippen LogP contribution in [0.15, 0.2) is 34.1 Å². The number of benzene rings is 1. The number of aromatic nitrogens is 2. The van der Waals surface area contributed by atoms with Gasteiger partial charge in [-0.1, -0.05) is 12.1 Å². The summed E-state index contributed by atoms with van der Waals surface area (Å²) in [6.07, 6.45) is -6.99. The van der Waals surface area contributed by atoms with E-state index in [4.69, 9.17) is 23.6 Å². The van der Waals surface area contributed by atoms with Gasteiger partial charge in [-0.15, -0.1) is 0 Å². The fraction of sp³-hybridized carbons (Fsp3) is 0.565. The number of aliphatic hydroxyl groups is 1. The Kier molecular flexibility index (Phi) is 8.76. The van der Waals surface area contributed by atoms with Gasteiger partial charge in [0.15, 0.2) is 6.29 Å². The third kappa shape index (κ3) is 5.26. The van der Waals surface area contributed by atoms with Crippen LogP contribution in [0.25, 0.3) is 11.0 Å². The molecule has 37 heavy (non-hydrogen) atoms. The van der Waals surface area contributed by atoms with Crippen LogP contribution in [0.4, 0.5) is 13.2 Å². The molecule has 0 bridgehead atoms. The topological polar surface area (TPSA) is 142 Å². The first-order valence-corrected chi connectivity index (χ1v) is 11.6. The monoisotopic (exact) mass is 531 g/mol. The third-order valence-electron chi connectivity index (χ3n) is 5.70. The fourth-order valence-electron chi connectivity index (χ4n) is 4.27. The maximum atomic E-state index is 14.6. The molecule has 0 saturated heterocycles. The van der Waals surface area contributed by atoms with Crippen LogP contribution in [0.1, 0.15) is 39.2 Å². The van der Waals surface area contributed by atoms with Gasteiger partial charge in [-0.3, -0.25) is 4.79 Å². The van der Waals surface area contributed by atoms with Crippen molar-refractivity contribution in [2.45, 2.75) is 51.8 Å². The Morgan fingerprint density at radius 2 is 1.73 bits per heavy atom. The minimum atomic E-state index is -5.44. The van der Waals surface area contributed by atoms with Crippen molar-refractivity contribution >= 4 is 23.0 Å². The minimum Gasteiger partial charge on any atom is -0.466 e. The van der Waals surface area contributed by atoms with E-state index in [0.717, 1.165) is 0 Å². The molecule has 3 unspecified atom stereocenters. The molecule has 2 heterocycles. The minimum absolute atomic E-state index is 0.0227. The van der Waals surface area contributed by atoms with E-state index in [1.807, 2.05) is 5.32 Å². The molecule has 204 valence electrons. The zero-order valence-corrected chi connectivity index (χ0v) is 20.6. The number of hydrogen-bond acceptors (Lipinski definition) is 11. The first-order chi connectivity index (χ1) is 17.5. The van der Waals surface area contributed by atoms with Crippen LogP contribution >= 0.6 is 0 Å². The molecule has 1 aromatic heterocycles. The van der Waals surface area contributed by atoms with Crippen LogP contribution in [0.3, 0.4) is 0 Å². The lowest BCUT2D eigenvalue weighted by Gasteiger charge is -2.46. The van der Waals surface area contributed by atoms with Gasteiger partial charge in [-0.2, -0.15) is 13.2 Å². The summed E-state index contributed by atoms with van der Waals surface area (Å²) in [5, 5.41) is 20.6. The van der Waals surface area contributed by atoms with Gasteiger partial charge in [0.2, 0.25) is 5.72 Å². The van der Waals surface area contributed by atoms with Crippen LogP contribution < -0.4 is 5.32 Å². The Labute approximate surface area is 209 Å². The number of ether oxygens (including phenoxy) is 4. The molecule has 2 N–H and O–H groups in total. The number of carbonyl (C=O) groups is 2. The van der Waals surface area contributed by atoms with Crippen LogP contribution in [0, 0.1) is 5.92 Å². The summed E-state index contributed by atoms with van der Waals surface area (Å²) in [7, 11) is 0. The van der Waals surface area contributed by atoms with E-state index >= 15 is 0 Å². The largest absolute Gasteiger partial charge is 0.466 e. The number of hydrogen-bond donors (Lipinski definition) is 2. The number of nitrogens with zero attached hydrogens (tertiary/aromatic N) is 2. The van der Waals surface area contributed by atoms with Gasteiger partial charge in [-0.05, 0) is 49.6 Å². The lowest BCUT2D eigenvalue weighted by atomic mass is 9.70. The van der Waals surface area contributed by atoms with Crippen LogP contribution in [0.5, 0.6) is 0 Å². The quantitative estimate of drug-likeness (QED) is 0.345. The number of rotatable bonds is 10. The molecule has 0 amide bonds. The Morgan fingerprint density at radius 1 is 1.08 bits per heavy atom. The predicted molar refractivity (Wildman–Crippen MR) is 120 cm³/mol. The van der Waals surface area contributed by atoms with Crippen molar-refractivity contribution in [1.82, 2.24) is 15.6 Å². The van der Waals surface area contributed by atoms with E-state index in [1.54, 1.807) is 13.8 Å². The second-order valence-electron chi connectivity index (χ2n) is 7.87. The summed E-state index contributed by atoms with van der Waals surface area (Å²) in [5.74, 6) is -6.69. The van der Waals surface area contributed by atoms with Crippen LogP contribution in [-0.2, 0) is 28.5 Å². The number of nitrogens with one attached hydrogen (secondary N) is 1. The number of halogens is 3. The Bertz CT molecular complexity index is 1150. The molecule has 11 nitrogen and oxygen atoms in total. The fourth-order valence-corrected chi connectivity index (χ4v) is 4.27. The van der Waals surface area contributed by atoms with Gasteiger partial charge in [0.25, 0.3) is 0 Å². The summed E-state index contributed by atoms with van der Waals surface area (Å²) in [5.41, 5.74) is -4.85. The summed E-state index contributed by atoms with van der Waals surface area (Å²) in [6.45, 7) is 5.55. The number of esters is 2. The molecule has 0 fully saturated rings. The molecule has 1 aliphatic heterocycles. The highest BCUT2D eigenvalue weighted by atomic mass is 19.4. The second-order valence-corrected chi connectivity index (χ2v) is 7.87. The predicted octanol–water partition coefficient (Wildman–Crippen LogP) is 2.56. The Hall–Kier alpha value is -3.23. The molecule has 1 aromatic carbocycles. The molecule has 14 heteroatoms. The standard InChI is InChI=1S/C23H28F3N3O8/c1-5-33-19(30)15-14(12-10-9-11-13-17(12)29-37-28-13)16(20(31)34-6-2)22(32,23(24,25)26)27-18(15)21(35-7-3)36-8-4/h9-11,14,16,21,27,32H,5-8H2,1-4H3. The van der Waals surface area contributed by atoms with Crippen molar-refractivity contribution in [3.05, 3.63) is 35.0 Å². The van der Waals surface area contributed by atoms with Crippen molar-refractivity contribution in [2.24, 2.45) is 5.92 Å². The molecule has 1 aliphatic rings. The molecular formula is C23H28F3N3O8. The molecule has 0 radical (unpaired) electrons. The van der Waals surface area contributed by atoms with Gasteiger partial charge >= 0.3 is 18.1 Å². The Morgan fingerprint density at radius 3 is 2.30 bits per heavy atom. The van der Waals surface area contributed by atoms with E-state index in [0.29, 0.717) is 0 Å². The summed E-state index contributed by atoms with van der Waals surface area (Å²) in [6, 6.07) is 4.26. The van der Waals surface area contributed by atoms with E-state index < -0.39 is 53.2 Å². The second kappa shape index (κ2) is 11.4. The highest BCUT2D eigenvalue weighted by molar-refractivity contribution is 5.95. The molecular weight excluding hydrogens is 503 g/mol. The SMILES string of the molecule is CCOC(=O)C1=C(C(OCC)OCC)NC(O)(C(F)(F)F)C(C(=O)OCC)C1c1cccc2nonc12. The van der Waals surface area contributed by atoms with Crippen molar-refractivity contribution in [3.63, 3.8) is 0 Å². The van der Waals surface area contributed by atoms with Crippen LogP contribution in [0.2, 0.25) is 0 Å². The van der Waals surface area contributed by atoms with Gasteiger partial charge in [-0.25, -0.2) is 9.42 Å². The van der Waals surface area contributed by atoms with Crippen molar-refractivity contribution in [3.8, 4) is 0 Å². The summed E-state index contributed by atoms with van der Waals surface area (Å²) in [4.78, 5) is 26.5. The van der Waals surface area contributed by atoms with Crippen molar-refractivity contribution in [1.29, 1.82) is 0 Å². The van der Waals surface area contributed by atoms with E-state index in [1.165, 1.54) is 32.0 Å². The molecule has 3 atom stereocenters. The number of carbonyl (C=O) groups excluding carboxylic acids is 2. The lowest BCUT2D eigenvalue weighted by molar-refractivity contribution is -0.296. The molecule has 0 saturated carbocycles. The first kappa shape index (κ1) is 28.3. The Balaban J connectivity index is 2.47. The number of alkyl halides is 3. The van der Waals surface area contributed by atoms with Gasteiger partial charge in [0, 0.05) is 19.1 Å². The summed E-state index contributed by atoms with van der Waals surface area (Å²) >= 11 is 0. The highest BCUT2D eigenvalue weighted by Gasteiger charge is 2.68. The zero-order valence-electron chi connectivity index (χ0n) is 20.6. The molecule has 3 rings (SSSR count). The zero-order chi connectivity index (χ0) is 27.4. The van der Waals surface area contributed by atoms with E-state index in [-0.39, 0.29) is 43.0 Å². The maximum absolute atomic E-state index is 14.6. The van der Waals surface area contributed by atoms with E-state index in [2.05, 4.69) is 10.3 Å². The number of fused-ring (bicyclic) bond motifs is 1.